The summed E-state index contributed by atoms with van der Waals surface area (Å²) >= 11 is 1.36. The number of aliphatic hydroxyl groups is 1. The number of ether oxygens (including phenoxy) is 1. The minimum absolute atomic E-state index is 0.129. The summed E-state index contributed by atoms with van der Waals surface area (Å²) in [5, 5.41) is 24.1. The van der Waals surface area contributed by atoms with E-state index in [1.54, 1.807) is 18.5 Å². The van der Waals surface area contributed by atoms with Crippen molar-refractivity contribution in [3.63, 3.8) is 0 Å². The van der Waals surface area contributed by atoms with Gasteiger partial charge in [0.25, 0.3) is 5.91 Å². The molecule has 0 radical (unpaired) electrons. The highest BCUT2D eigenvalue weighted by Crippen LogP contribution is 2.29. The predicted molar refractivity (Wildman–Crippen MR) is 196 cm³/mol. The van der Waals surface area contributed by atoms with E-state index in [-0.39, 0.29) is 18.4 Å². The van der Waals surface area contributed by atoms with Crippen LogP contribution in [0, 0.1) is 5.92 Å². The molecule has 0 fully saturated rings. The predicted octanol–water partition coefficient (Wildman–Crippen LogP) is 6.67. The quantitative estimate of drug-likeness (QED) is 0.0841. The molecule has 10 nitrogen and oxygen atoms in total. The molecule has 2 aromatic carbocycles. The maximum atomic E-state index is 13.2. The van der Waals surface area contributed by atoms with Crippen LogP contribution in [-0.4, -0.2) is 63.8 Å². The van der Waals surface area contributed by atoms with Gasteiger partial charge in [-0.1, -0.05) is 89.8 Å². The first-order valence-electron chi connectivity index (χ1n) is 17.2. The molecule has 0 bridgehead atoms. The second-order valence-electron chi connectivity index (χ2n) is 13.4. The van der Waals surface area contributed by atoms with Gasteiger partial charge in [0.05, 0.1) is 24.0 Å². The third-order valence-electron chi connectivity index (χ3n) is 8.29. The van der Waals surface area contributed by atoms with E-state index < -0.39 is 36.4 Å². The number of amides is 2. The lowest BCUT2D eigenvalue weighted by Crippen LogP contribution is -2.49. The number of nitrogens with one attached hydrogen (secondary N) is 2. The normalized spacial score (nSPS) is 12.6. The van der Waals surface area contributed by atoms with Gasteiger partial charge in [-0.2, -0.15) is 0 Å². The fraction of sp³-hybridized carbons (Fsp3) is 0.410. The van der Waals surface area contributed by atoms with Crippen molar-refractivity contribution in [1.29, 1.82) is 0 Å². The van der Waals surface area contributed by atoms with Crippen LogP contribution in [0.5, 0.6) is 5.75 Å². The van der Waals surface area contributed by atoms with Gasteiger partial charge in [-0.3, -0.25) is 14.4 Å². The Morgan fingerprint density at radius 1 is 0.860 bits per heavy atom. The summed E-state index contributed by atoms with van der Waals surface area (Å²) < 4.78 is 5.88. The molecule has 0 aliphatic heterocycles. The third-order valence-corrected chi connectivity index (χ3v) is 9.80. The number of carboxylic acids is 1. The average Bonchev–Trinajstić information content (AvgIpc) is 3.62. The molecule has 4 rings (SSSR count). The molecule has 0 spiro atoms. The second kappa shape index (κ2) is 18.4. The zero-order valence-corrected chi connectivity index (χ0v) is 30.1. The maximum Gasteiger partial charge on any atom is 0.310 e. The van der Waals surface area contributed by atoms with Crippen LogP contribution in [0.25, 0.3) is 22.5 Å². The first-order chi connectivity index (χ1) is 24.0. The molecular weight excluding hydrogens is 653 g/mol. The lowest BCUT2D eigenvalue weighted by atomic mass is 9.95. The fourth-order valence-electron chi connectivity index (χ4n) is 5.17. The summed E-state index contributed by atoms with van der Waals surface area (Å²) in [4.78, 5) is 48.5. The Morgan fingerprint density at radius 3 is 2.12 bits per heavy atom. The van der Waals surface area contributed by atoms with Crippen LogP contribution in [0.2, 0.25) is 0 Å². The molecule has 2 atom stereocenters. The van der Waals surface area contributed by atoms with E-state index in [2.05, 4.69) is 48.3 Å². The van der Waals surface area contributed by atoms with Gasteiger partial charge < -0.3 is 25.6 Å². The van der Waals surface area contributed by atoms with Crippen molar-refractivity contribution in [3.05, 3.63) is 88.4 Å². The number of rotatable bonds is 18. The van der Waals surface area contributed by atoms with Gasteiger partial charge in [-0.25, -0.2) is 9.97 Å². The van der Waals surface area contributed by atoms with Crippen LogP contribution in [-0.2, 0) is 21.4 Å². The van der Waals surface area contributed by atoms with Gasteiger partial charge in [-0.05, 0) is 47.2 Å². The number of aliphatic carboxylic acids is 1. The molecule has 50 heavy (non-hydrogen) atoms. The molecule has 4 aromatic rings. The number of nitrogens with zero attached hydrogens (tertiary/aromatic N) is 2. The Balaban J connectivity index is 1.40. The largest absolute Gasteiger partial charge is 0.494 e. The third kappa shape index (κ3) is 11.2. The van der Waals surface area contributed by atoms with Crippen molar-refractivity contribution in [3.8, 4) is 28.3 Å². The van der Waals surface area contributed by atoms with E-state index >= 15 is 0 Å². The van der Waals surface area contributed by atoms with Crippen LogP contribution in [0.1, 0.15) is 79.9 Å². The topological polar surface area (TPSA) is 151 Å². The Labute approximate surface area is 298 Å². The van der Waals surface area contributed by atoms with Crippen molar-refractivity contribution in [1.82, 2.24) is 20.6 Å². The van der Waals surface area contributed by atoms with Crippen molar-refractivity contribution in [2.75, 3.05) is 19.8 Å². The number of carbonyl (C=O) groups is 3. The summed E-state index contributed by atoms with van der Waals surface area (Å²) in [5.41, 5.74) is 3.30. The highest BCUT2D eigenvalue weighted by molar-refractivity contribution is 7.14. The van der Waals surface area contributed by atoms with E-state index in [4.69, 9.17) is 4.74 Å². The molecule has 266 valence electrons. The molecule has 0 aliphatic rings. The van der Waals surface area contributed by atoms with Gasteiger partial charge in [0.1, 0.15) is 11.8 Å². The zero-order chi connectivity index (χ0) is 36.1. The molecule has 2 amide bonds. The number of aromatic nitrogens is 2. The summed E-state index contributed by atoms with van der Waals surface area (Å²) in [7, 11) is 0. The summed E-state index contributed by atoms with van der Waals surface area (Å²) in [5.74, 6) is -1.93. The Bertz CT molecular complexity index is 1680. The van der Waals surface area contributed by atoms with Gasteiger partial charge >= 0.3 is 5.97 Å². The zero-order valence-electron chi connectivity index (χ0n) is 29.3. The number of benzene rings is 2. The Kier molecular flexibility index (Phi) is 14.1. The monoisotopic (exact) mass is 700 g/mol. The maximum absolute atomic E-state index is 13.2. The van der Waals surface area contributed by atoms with Gasteiger partial charge in [-0.15, -0.1) is 11.3 Å². The molecule has 11 heteroatoms. The molecule has 0 saturated carbocycles. The Morgan fingerprint density at radius 2 is 1.52 bits per heavy atom. The second-order valence-corrected chi connectivity index (χ2v) is 14.5. The van der Waals surface area contributed by atoms with Crippen LogP contribution in [0.3, 0.4) is 0 Å². The lowest BCUT2D eigenvalue weighted by molar-refractivity contribution is -0.143. The lowest BCUT2D eigenvalue weighted by Gasteiger charge is -2.20. The molecule has 2 aromatic heterocycles. The standard InChI is InChI=1S/C39H48N4O6S/c1-5-6-7-8-9-20-49-31-16-14-27(15-17-31)29-22-40-35(41-23-29)28-12-10-26(11-13-28)21-32(36(45)42-24-30(25-44)38(47)48)43-37(46)33-18-19-34(50-33)39(2,3)4/h10-19,22-23,30,32,44H,5-9,20-21,24-25H2,1-4H3,(H,42,45)(H,43,46)(H,47,48)/t30-,32-/m0/s1. The number of hydrogen-bond donors (Lipinski definition) is 4. The molecule has 0 saturated heterocycles. The summed E-state index contributed by atoms with van der Waals surface area (Å²) in [6, 6.07) is 18.0. The first kappa shape index (κ1) is 38.2. The van der Waals surface area contributed by atoms with E-state index in [9.17, 15) is 24.6 Å². The van der Waals surface area contributed by atoms with E-state index in [1.807, 2.05) is 54.6 Å². The molecule has 4 N–H and O–H groups in total. The minimum atomic E-state index is -1.22. The number of thiophene rings is 1. The fourth-order valence-corrected chi connectivity index (χ4v) is 6.14. The summed E-state index contributed by atoms with van der Waals surface area (Å²) in [6.45, 7) is 8.22. The van der Waals surface area contributed by atoms with Gasteiger partial charge in [0.15, 0.2) is 5.82 Å². The minimum Gasteiger partial charge on any atom is -0.494 e. The van der Waals surface area contributed by atoms with E-state index in [0.717, 1.165) is 39.3 Å². The highest BCUT2D eigenvalue weighted by atomic mass is 32.1. The molecule has 2 heterocycles. The number of aliphatic hydroxyl groups excluding tert-OH is 1. The van der Waals surface area contributed by atoms with Crippen LogP contribution < -0.4 is 15.4 Å². The van der Waals surface area contributed by atoms with Crippen molar-refractivity contribution >= 4 is 29.1 Å². The van der Waals surface area contributed by atoms with Crippen LogP contribution in [0.15, 0.2) is 73.1 Å². The number of carboxylic acid groups (broad SMARTS) is 1. The summed E-state index contributed by atoms with van der Waals surface area (Å²) in [6.07, 6.45) is 9.70. The molecular formula is C39H48N4O6S. The van der Waals surface area contributed by atoms with Gasteiger partial charge in [0.2, 0.25) is 5.91 Å². The first-order valence-corrected chi connectivity index (χ1v) is 18.0. The molecule has 0 aliphatic carbocycles. The SMILES string of the molecule is CCCCCCCOc1ccc(-c2cnc(-c3ccc(C[C@H](NC(=O)c4ccc(C(C)(C)C)s4)C(=O)NC[C@@H](CO)C(=O)O)cc3)nc2)cc1. The highest BCUT2D eigenvalue weighted by Gasteiger charge is 2.26. The number of hydrogen-bond acceptors (Lipinski definition) is 8. The Hall–Kier alpha value is -4.61. The van der Waals surface area contributed by atoms with Crippen LogP contribution in [0.4, 0.5) is 0 Å². The average molecular weight is 701 g/mol. The van der Waals surface area contributed by atoms with Crippen LogP contribution >= 0.6 is 11.3 Å². The van der Waals surface area contributed by atoms with Gasteiger partial charge in [0, 0.05) is 41.4 Å². The van der Waals surface area contributed by atoms with Crippen molar-refractivity contribution < 1.29 is 29.3 Å². The number of carbonyl (C=O) groups excluding carboxylic acids is 2. The van der Waals surface area contributed by atoms with Crippen molar-refractivity contribution in [2.45, 2.75) is 77.7 Å². The van der Waals surface area contributed by atoms with E-state index in [1.165, 1.54) is 37.0 Å². The van der Waals surface area contributed by atoms with E-state index in [0.29, 0.717) is 17.3 Å². The molecule has 0 unspecified atom stereocenters. The number of unbranched alkanes of at least 4 members (excludes halogenated alkanes) is 4. The van der Waals surface area contributed by atoms with Crippen molar-refractivity contribution in [2.24, 2.45) is 5.92 Å². The smallest absolute Gasteiger partial charge is 0.310 e.